The zero-order valence-corrected chi connectivity index (χ0v) is 30.0. The Morgan fingerprint density at radius 3 is 1.96 bits per heavy atom. The summed E-state index contributed by atoms with van der Waals surface area (Å²) >= 11 is 18.2. The summed E-state index contributed by atoms with van der Waals surface area (Å²) in [5.41, 5.74) is 0.627. The summed E-state index contributed by atoms with van der Waals surface area (Å²) in [7, 11) is 1.37. The van der Waals surface area contributed by atoms with Crippen LogP contribution < -0.4 is 20.7 Å². The normalized spacial score (nSPS) is 13.5. The van der Waals surface area contributed by atoms with Gasteiger partial charge in [-0.1, -0.05) is 72.9 Å². The minimum Gasteiger partial charge on any atom is -0.497 e. The first-order valence-electron chi connectivity index (χ1n) is 15.5. The van der Waals surface area contributed by atoms with Gasteiger partial charge in [0.2, 0.25) is 11.7 Å². The lowest BCUT2D eigenvalue weighted by Gasteiger charge is -2.27. The van der Waals surface area contributed by atoms with Crippen LogP contribution in [-0.2, 0) is 25.6 Å². The van der Waals surface area contributed by atoms with Crippen LogP contribution in [0.25, 0.3) is 0 Å². The van der Waals surface area contributed by atoms with Crippen molar-refractivity contribution in [3.8, 4) is 5.75 Å². The van der Waals surface area contributed by atoms with Crippen molar-refractivity contribution >= 4 is 64.1 Å². The number of carbonyl (C=O) groups excluding carboxylic acids is 5. The summed E-state index contributed by atoms with van der Waals surface area (Å²) in [6.07, 6.45) is -6.14. The molecule has 0 radical (unpaired) electrons. The molecule has 0 fully saturated rings. The molecule has 0 saturated heterocycles. The molecule has 3 atom stereocenters. The van der Waals surface area contributed by atoms with Gasteiger partial charge in [-0.25, -0.2) is 0 Å². The van der Waals surface area contributed by atoms with Gasteiger partial charge >= 0.3 is 12.1 Å². The number of hydrogen-bond donors (Lipinski definition) is 3. The number of halogens is 8. The first-order valence-corrected chi connectivity index (χ1v) is 16.6. The number of carbonyl (C=O) groups is 5. The van der Waals surface area contributed by atoms with E-state index in [1.807, 2.05) is 0 Å². The number of nitrogens with one attached hydrogen (secondary N) is 3. The zero-order valence-electron chi connectivity index (χ0n) is 27.8. The second kappa shape index (κ2) is 18.0. The van der Waals surface area contributed by atoms with Crippen molar-refractivity contribution in [1.29, 1.82) is 0 Å². The predicted octanol–water partition coefficient (Wildman–Crippen LogP) is 6.97. The molecule has 0 spiro atoms. The maximum absolute atomic E-state index is 14.9. The van der Waals surface area contributed by atoms with Crippen LogP contribution in [0.5, 0.6) is 5.75 Å². The smallest absolute Gasteiger partial charge is 0.405 e. The van der Waals surface area contributed by atoms with E-state index in [9.17, 15) is 45.9 Å². The first kappa shape index (κ1) is 42.1. The molecule has 9 nitrogen and oxygen atoms in total. The Kier molecular flexibility index (Phi) is 14.6. The number of ketones is 2. The Morgan fingerprint density at radius 1 is 0.808 bits per heavy atom. The van der Waals surface area contributed by atoms with Crippen LogP contribution in [0.2, 0.25) is 15.1 Å². The lowest BCUT2D eigenvalue weighted by atomic mass is 9.82. The van der Waals surface area contributed by atoms with Crippen LogP contribution in [0.4, 0.5) is 22.0 Å². The molecule has 0 aliphatic heterocycles. The SMILES string of the molecule is COc1ccc([C@H](NC(=O)[C@H](Cc2cccc(Cl)c2)NC(=O)c2cc(Cl)cc(Cl)c2)C(=O)C[C@H](C(=O)C(F)(F)C(=O)NCC(F)(F)F)C(C)C)cc1. The maximum Gasteiger partial charge on any atom is 0.405 e. The van der Waals surface area contributed by atoms with Crippen molar-refractivity contribution in [3.05, 3.63) is 98.5 Å². The number of benzene rings is 3. The largest absolute Gasteiger partial charge is 0.497 e. The van der Waals surface area contributed by atoms with Gasteiger partial charge in [0, 0.05) is 39.4 Å². The number of amides is 3. The molecular formula is C35H33Cl3F5N3O6. The van der Waals surface area contributed by atoms with Gasteiger partial charge in [-0.2, -0.15) is 22.0 Å². The first-order chi connectivity index (χ1) is 24.2. The van der Waals surface area contributed by atoms with Crippen LogP contribution in [-0.4, -0.2) is 61.1 Å². The maximum atomic E-state index is 14.9. The highest BCUT2D eigenvalue weighted by Crippen LogP contribution is 2.31. The number of alkyl halides is 5. The number of Topliss-reactive ketones (excluding diaryl/α,β-unsaturated/α-hetero) is 2. The van der Waals surface area contributed by atoms with Crippen molar-refractivity contribution in [2.24, 2.45) is 11.8 Å². The van der Waals surface area contributed by atoms with Gasteiger partial charge in [-0.15, -0.1) is 0 Å². The lowest BCUT2D eigenvalue weighted by molar-refractivity contribution is -0.167. The second-order valence-electron chi connectivity index (χ2n) is 12.0. The Hall–Kier alpha value is -4.27. The quantitative estimate of drug-likeness (QED) is 0.106. The van der Waals surface area contributed by atoms with E-state index in [1.165, 1.54) is 63.4 Å². The third-order valence-corrected chi connectivity index (χ3v) is 8.41. The van der Waals surface area contributed by atoms with Crippen molar-refractivity contribution in [2.75, 3.05) is 13.7 Å². The van der Waals surface area contributed by atoms with E-state index in [0.717, 1.165) is 5.32 Å². The van der Waals surface area contributed by atoms with Gasteiger partial charge in [0.05, 0.1) is 7.11 Å². The van der Waals surface area contributed by atoms with Gasteiger partial charge in [0.25, 0.3) is 11.8 Å². The molecule has 280 valence electrons. The molecule has 3 amide bonds. The van der Waals surface area contributed by atoms with Crippen molar-refractivity contribution in [3.63, 3.8) is 0 Å². The molecule has 0 saturated carbocycles. The van der Waals surface area contributed by atoms with E-state index in [2.05, 4.69) is 10.6 Å². The summed E-state index contributed by atoms with van der Waals surface area (Å²) in [4.78, 5) is 66.2. The average molecular weight is 793 g/mol. The Morgan fingerprint density at radius 2 is 1.42 bits per heavy atom. The van der Waals surface area contributed by atoms with E-state index in [-0.39, 0.29) is 27.6 Å². The topological polar surface area (TPSA) is 131 Å². The Balaban J connectivity index is 1.98. The summed E-state index contributed by atoms with van der Waals surface area (Å²) in [6, 6.07) is 13.0. The molecule has 0 heterocycles. The minimum absolute atomic E-state index is 0.00246. The highest BCUT2D eigenvalue weighted by Gasteiger charge is 2.52. The third kappa shape index (κ3) is 11.9. The van der Waals surface area contributed by atoms with E-state index in [4.69, 9.17) is 39.5 Å². The number of ether oxygens (including phenoxy) is 1. The summed E-state index contributed by atoms with van der Waals surface area (Å²) < 4.78 is 72.7. The molecule has 3 aromatic rings. The van der Waals surface area contributed by atoms with E-state index < -0.39 is 78.3 Å². The van der Waals surface area contributed by atoms with E-state index >= 15 is 0 Å². The lowest BCUT2D eigenvalue weighted by Crippen LogP contribution is -2.52. The van der Waals surface area contributed by atoms with Gasteiger partial charge in [-0.3, -0.25) is 24.0 Å². The molecule has 3 rings (SSSR count). The fourth-order valence-electron chi connectivity index (χ4n) is 5.03. The molecule has 52 heavy (non-hydrogen) atoms. The summed E-state index contributed by atoms with van der Waals surface area (Å²) in [5, 5.41) is 6.71. The Labute approximate surface area is 310 Å². The highest BCUT2D eigenvalue weighted by molar-refractivity contribution is 6.35. The monoisotopic (exact) mass is 791 g/mol. The third-order valence-electron chi connectivity index (χ3n) is 7.74. The highest BCUT2D eigenvalue weighted by atomic mass is 35.5. The van der Waals surface area contributed by atoms with E-state index in [1.54, 1.807) is 24.3 Å². The summed E-state index contributed by atoms with van der Waals surface area (Å²) in [6.45, 7) is 0.501. The van der Waals surface area contributed by atoms with Crippen LogP contribution in [0.15, 0.2) is 66.7 Å². The molecular weight excluding hydrogens is 760 g/mol. The van der Waals surface area contributed by atoms with Gasteiger partial charge in [0.15, 0.2) is 5.78 Å². The van der Waals surface area contributed by atoms with Crippen molar-refractivity contribution in [1.82, 2.24) is 16.0 Å². The van der Waals surface area contributed by atoms with Gasteiger partial charge in [-0.05, 0) is 59.5 Å². The van der Waals surface area contributed by atoms with Crippen LogP contribution in [0.1, 0.15) is 47.8 Å². The molecule has 0 aliphatic carbocycles. The molecule has 0 bridgehead atoms. The molecule has 0 unspecified atom stereocenters. The summed E-state index contributed by atoms with van der Waals surface area (Å²) in [5.74, 6) is -14.7. The van der Waals surface area contributed by atoms with Crippen LogP contribution in [0, 0.1) is 11.8 Å². The molecule has 17 heteroatoms. The van der Waals surface area contributed by atoms with Gasteiger partial charge in [0.1, 0.15) is 24.4 Å². The van der Waals surface area contributed by atoms with Crippen LogP contribution >= 0.6 is 34.8 Å². The Bertz CT molecular complexity index is 1770. The molecule has 3 aromatic carbocycles. The fourth-order valence-corrected chi connectivity index (χ4v) is 5.77. The number of hydrogen-bond acceptors (Lipinski definition) is 6. The molecule has 0 aromatic heterocycles. The predicted molar refractivity (Wildman–Crippen MR) is 184 cm³/mol. The van der Waals surface area contributed by atoms with Crippen molar-refractivity contribution in [2.45, 2.75) is 50.9 Å². The van der Waals surface area contributed by atoms with Crippen LogP contribution in [0.3, 0.4) is 0 Å². The molecule has 3 N–H and O–H groups in total. The number of methoxy groups -OCH3 is 1. The van der Waals surface area contributed by atoms with Crippen molar-refractivity contribution < 1.29 is 50.7 Å². The second-order valence-corrected chi connectivity index (χ2v) is 13.3. The average Bonchev–Trinajstić information content (AvgIpc) is 3.06. The van der Waals surface area contributed by atoms with Gasteiger partial charge < -0.3 is 20.7 Å². The fraction of sp³-hybridized carbons (Fsp3) is 0.343. The van der Waals surface area contributed by atoms with E-state index in [0.29, 0.717) is 16.3 Å². The number of rotatable bonds is 16. The minimum atomic E-state index is -5.03. The standard InChI is InChI=1S/C35H33Cl3F5N3O6/c1-18(2)26(30(48)35(42,43)33(51)44-17-34(39,40)41)16-28(47)29(20-7-9-25(52-3)10-8-20)46-32(50)27(12-19-5-4-6-22(36)11-19)45-31(49)21-13-23(37)15-24(38)14-21/h4-11,13-15,18,26-27,29H,12,16-17H2,1-3H3,(H,44,51)(H,45,49)(H,46,50)/t26-,27-,29-/m0/s1. The zero-order chi connectivity index (χ0) is 39.0. The molecule has 0 aliphatic rings.